The van der Waals surface area contributed by atoms with Crippen LogP contribution in [0.15, 0.2) is 152 Å². The van der Waals surface area contributed by atoms with Gasteiger partial charge in [0, 0.05) is 5.69 Å². The minimum Gasteiger partial charge on any atom is -0.280 e. The molecule has 7 rings (SSSR count). The first-order chi connectivity index (χ1) is 24.6. The molecule has 0 amide bonds. The second kappa shape index (κ2) is 15.0. The summed E-state index contributed by atoms with van der Waals surface area (Å²) in [4.78, 5) is 11.6. The van der Waals surface area contributed by atoms with Crippen molar-refractivity contribution in [3.8, 4) is 44.8 Å². The molecule has 0 fully saturated rings. The summed E-state index contributed by atoms with van der Waals surface area (Å²) < 4.78 is 83.2. The molecule has 2 heterocycles. The second-order valence-corrected chi connectivity index (χ2v) is 11.5. The molecule has 0 spiro atoms. The fourth-order valence-corrected chi connectivity index (χ4v) is 5.78. The molecule has 2 aromatic heterocycles. The van der Waals surface area contributed by atoms with Crippen molar-refractivity contribution in [2.75, 3.05) is 4.90 Å². The van der Waals surface area contributed by atoms with Crippen molar-refractivity contribution >= 4 is 17.3 Å². The number of anilines is 3. The Labute approximate surface area is 310 Å². The first-order valence-electron chi connectivity index (χ1n) is 15.7. The van der Waals surface area contributed by atoms with Crippen LogP contribution < -0.4 is 4.90 Å². The minimum atomic E-state index is -4.59. The van der Waals surface area contributed by atoms with Crippen molar-refractivity contribution in [1.29, 1.82) is 0 Å². The molecule has 10 heteroatoms. The van der Waals surface area contributed by atoms with Crippen LogP contribution in [0.4, 0.5) is 43.7 Å². The predicted octanol–water partition coefficient (Wildman–Crippen LogP) is 12.2. The first kappa shape index (κ1) is 36.3. The van der Waals surface area contributed by atoms with E-state index in [9.17, 15) is 26.3 Å². The van der Waals surface area contributed by atoms with E-state index in [1.54, 1.807) is 29.2 Å². The second-order valence-electron chi connectivity index (χ2n) is 11.5. The van der Waals surface area contributed by atoms with Crippen LogP contribution in [-0.4, -0.2) is 9.97 Å². The Hall–Kier alpha value is -5.53. The van der Waals surface area contributed by atoms with Crippen LogP contribution >= 0.6 is 0 Å². The normalized spacial score (nSPS) is 11.5. The molecule has 0 bridgehead atoms. The molecule has 0 saturated carbocycles. The predicted molar refractivity (Wildman–Crippen MR) is 186 cm³/mol. The first-order valence-corrected chi connectivity index (χ1v) is 15.7. The number of halogens is 6. The molecular formula is C42H25F6N3Pt. The number of hydrogen-bond donors (Lipinski definition) is 0. The van der Waals surface area contributed by atoms with E-state index in [0.29, 0.717) is 28.5 Å². The molecule has 0 aliphatic heterocycles. The zero-order valence-corrected chi connectivity index (χ0v) is 29.1. The Bertz CT molecular complexity index is 2150. The van der Waals surface area contributed by atoms with Crippen molar-refractivity contribution in [2.45, 2.75) is 12.4 Å². The van der Waals surface area contributed by atoms with Gasteiger partial charge in [0.25, 0.3) is 0 Å². The molecule has 260 valence electrons. The zero-order valence-electron chi connectivity index (χ0n) is 26.9. The van der Waals surface area contributed by atoms with Gasteiger partial charge in [-0.05, 0) is 69.0 Å². The van der Waals surface area contributed by atoms with Crippen LogP contribution in [-0.2, 0) is 33.4 Å². The van der Waals surface area contributed by atoms with Gasteiger partial charge < -0.3 is 0 Å². The van der Waals surface area contributed by atoms with Crippen molar-refractivity contribution in [1.82, 2.24) is 9.97 Å². The van der Waals surface area contributed by atoms with E-state index in [1.807, 2.05) is 91.0 Å². The Morgan fingerprint density at radius 1 is 0.462 bits per heavy atom. The maximum absolute atomic E-state index is 13.9. The van der Waals surface area contributed by atoms with Crippen LogP contribution in [0.25, 0.3) is 44.8 Å². The van der Waals surface area contributed by atoms with E-state index in [1.165, 1.54) is 12.1 Å². The van der Waals surface area contributed by atoms with Crippen molar-refractivity contribution in [3.63, 3.8) is 0 Å². The molecule has 0 aliphatic rings. The minimum absolute atomic E-state index is 0. The smallest absolute Gasteiger partial charge is 0.280 e. The van der Waals surface area contributed by atoms with Gasteiger partial charge in [-0.1, -0.05) is 91.0 Å². The largest absolute Gasteiger partial charge is 2.00 e. The molecular weight excluding hydrogens is 856 g/mol. The van der Waals surface area contributed by atoms with Crippen LogP contribution in [0.2, 0.25) is 0 Å². The van der Waals surface area contributed by atoms with Crippen molar-refractivity contribution in [2.24, 2.45) is 0 Å². The Morgan fingerprint density at radius 3 is 1.23 bits per heavy atom. The number of pyridine rings is 2. The third kappa shape index (κ3) is 7.70. The molecule has 0 saturated heterocycles. The molecule has 5 aromatic carbocycles. The number of hydrogen-bond acceptors (Lipinski definition) is 3. The van der Waals surface area contributed by atoms with Gasteiger partial charge in [-0.2, -0.15) is 26.3 Å². The summed E-state index contributed by atoms with van der Waals surface area (Å²) in [7, 11) is 0. The van der Waals surface area contributed by atoms with E-state index < -0.39 is 23.5 Å². The van der Waals surface area contributed by atoms with Crippen LogP contribution in [0.3, 0.4) is 0 Å². The van der Waals surface area contributed by atoms with E-state index in [0.717, 1.165) is 35.4 Å². The Morgan fingerprint density at radius 2 is 0.846 bits per heavy atom. The van der Waals surface area contributed by atoms with Gasteiger partial charge in [0.15, 0.2) is 0 Å². The quantitative estimate of drug-likeness (QED) is 0.118. The molecule has 3 nitrogen and oxygen atoms in total. The topological polar surface area (TPSA) is 29.0 Å². The number of rotatable bonds is 7. The van der Waals surface area contributed by atoms with Gasteiger partial charge in [-0.15, -0.1) is 59.7 Å². The van der Waals surface area contributed by atoms with Crippen LogP contribution in [0.5, 0.6) is 0 Å². The Kier molecular flexibility index (Phi) is 10.4. The number of aromatic nitrogens is 2. The molecule has 0 aliphatic carbocycles. The standard InChI is InChI=1S/C42H25F6N3.Pt/c43-41(44,45)32-18-10-16-30(26-32)39-35(28-12-4-1-5-13-28)22-24-37(49-39)51(34-20-8-3-9-21-34)38-25-23-36(29-14-6-2-7-15-29)40(50-38)31-17-11-19-33(27-31)42(46,47)48;/h1-15,18-27H;/q-2;+2. The summed E-state index contributed by atoms with van der Waals surface area (Å²) in [6.07, 6.45) is -9.18. The summed E-state index contributed by atoms with van der Waals surface area (Å²) in [5.74, 6) is 0.612. The van der Waals surface area contributed by atoms with Gasteiger partial charge in [0.2, 0.25) is 0 Å². The summed E-state index contributed by atoms with van der Waals surface area (Å²) in [6.45, 7) is 0. The van der Waals surface area contributed by atoms with Gasteiger partial charge in [0.1, 0.15) is 11.6 Å². The number of nitrogens with zero attached hydrogens (tertiary/aromatic N) is 3. The summed E-state index contributed by atoms with van der Waals surface area (Å²) in [5, 5.41) is 0. The Balaban J connectivity index is 0.00000464. The van der Waals surface area contributed by atoms with Crippen LogP contribution in [0.1, 0.15) is 11.1 Å². The third-order valence-electron chi connectivity index (χ3n) is 8.17. The van der Waals surface area contributed by atoms with Gasteiger partial charge >= 0.3 is 33.4 Å². The van der Waals surface area contributed by atoms with Crippen molar-refractivity contribution < 1.29 is 47.4 Å². The summed E-state index contributed by atoms with van der Waals surface area (Å²) in [5.41, 5.74) is 2.30. The molecule has 0 radical (unpaired) electrons. The van der Waals surface area contributed by atoms with Gasteiger partial charge in [-0.3, -0.25) is 14.9 Å². The zero-order chi connectivity index (χ0) is 35.6. The van der Waals surface area contributed by atoms with Crippen molar-refractivity contribution in [3.05, 3.63) is 175 Å². The van der Waals surface area contributed by atoms with E-state index >= 15 is 0 Å². The molecule has 52 heavy (non-hydrogen) atoms. The third-order valence-corrected chi connectivity index (χ3v) is 8.17. The van der Waals surface area contributed by atoms with E-state index in [-0.39, 0.29) is 43.6 Å². The SMILES string of the molecule is FC(F)(F)c1cc[c-]c(-c2nc(N(c3ccccc3)c3ccc(-c4ccccc4)c(-c4[c-]ccc(C(F)(F)F)c4)n3)ccc2-c2ccccc2)c1.[Pt+2]. The maximum Gasteiger partial charge on any atom is 2.00 e. The maximum atomic E-state index is 13.9. The monoisotopic (exact) mass is 880 g/mol. The number of benzene rings is 5. The summed E-state index contributed by atoms with van der Waals surface area (Å²) in [6, 6.07) is 46.6. The molecule has 0 atom stereocenters. The van der Waals surface area contributed by atoms with Gasteiger partial charge in [-0.25, -0.2) is 0 Å². The van der Waals surface area contributed by atoms with E-state index in [4.69, 9.17) is 9.97 Å². The molecule has 0 N–H and O–H groups in total. The molecule has 7 aromatic rings. The average Bonchev–Trinajstić information content (AvgIpc) is 3.15. The fourth-order valence-electron chi connectivity index (χ4n) is 5.78. The summed E-state index contributed by atoms with van der Waals surface area (Å²) >= 11 is 0. The van der Waals surface area contributed by atoms with Crippen LogP contribution in [0, 0.1) is 12.1 Å². The van der Waals surface area contributed by atoms with Gasteiger partial charge in [0.05, 0.1) is 0 Å². The number of para-hydroxylation sites is 1. The van der Waals surface area contributed by atoms with E-state index in [2.05, 4.69) is 12.1 Å². The molecule has 0 unspecified atom stereocenters. The average molecular weight is 881 g/mol. The number of alkyl halides is 6. The fraction of sp³-hybridized carbons (Fsp3) is 0.0476.